The number of carbonyl (C=O) groups excluding carboxylic acids is 1. The molecule has 0 aliphatic heterocycles. The Kier molecular flexibility index (Phi) is 8.61. The first-order valence-corrected chi connectivity index (χ1v) is 8.68. The second-order valence-electron chi connectivity index (χ2n) is 5.09. The number of hydrogen-bond donors (Lipinski definition) is 0. The summed E-state index contributed by atoms with van der Waals surface area (Å²) in [5, 5.41) is 0. The van der Waals surface area contributed by atoms with Crippen LogP contribution in [0, 0.1) is 5.41 Å². The van der Waals surface area contributed by atoms with Gasteiger partial charge in [-0.3, -0.25) is 8.98 Å². The molecule has 0 rings (SSSR count). The largest absolute Gasteiger partial charge is 0.465 e. The molecule has 0 aromatic rings. The van der Waals surface area contributed by atoms with E-state index in [1.54, 1.807) is 13.8 Å². The summed E-state index contributed by atoms with van der Waals surface area (Å²) in [5.41, 5.74) is -1.04. The summed E-state index contributed by atoms with van der Waals surface area (Å²) in [6.07, 6.45) is 5.31. The molecule has 0 aliphatic rings. The summed E-state index contributed by atoms with van der Waals surface area (Å²) < 4.78 is 30.8. The highest BCUT2D eigenvalue weighted by Gasteiger charge is 2.31. The van der Waals surface area contributed by atoms with Crippen LogP contribution in [0.25, 0.3) is 0 Å². The molecule has 0 aromatic heterocycles. The van der Waals surface area contributed by atoms with Crippen LogP contribution >= 0.6 is 10.7 Å². The van der Waals surface area contributed by atoms with E-state index < -0.39 is 20.7 Å². The molecule has 0 fully saturated rings. The number of unbranched alkanes of at least 4 members (excludes halogenated alkanes) is 4. The Balaban J connectivity index is 3.91. The lowest BCUT2D eigenvalue weighted by Crippen LogP contribution is -2.32. The summed E-state index contributed by atoms with van der Waals surface area (Å²) in [6.45, 7) is 5.25. The van der Waals surface area contributed by atoms with Gasteiger partial charge in [-0.05, 0) is 20.3 Å². The second-order valence-corrected chi connectivity index (χ2v) is 7.25. The van der Waals surface area contributed by atoms with Gasteiger partial charge in [0.25, 0.3) is 0 Å². The molecule has 114 valence electrons. The molecule has 0 bridgehead atoms. The maximum Gasteiger partial charge on any atom is 0.355 e. The van der Waals surface area contributed by atoms with Crippen LogP contribution < -0.4 is 0 Å². The number of esters is 1. The fourth-order valence-corrected chi connectivity index (χ4v) is 1.91. The quantitative estimate of drug-likeness (QED) is 0.352. The molecule has 0 N–H and O–H groups in total. The standard InChI is InChI=1S/C12H23ClO5S/c1-4-5-6-7-8-9-17-11(14)12(2,3)10-18-19(13,15)16/h4-10H2,1-3H3. The average Bonchev–Trinajstić information content (AvgIpc) is 2.30. The van der Waals surface area contributed by atoms with Crippen LogP contribution in [0.3, 0.4) is 0 Å². The van der Waals surface area contributed by atoms with E-state index in [0.717, 1.165) is 25.7 Å². The zero-order valence-electron chi connectivity index (χ0n) is 11.8. The number of hydrogen-bond acceptors (Lipinski definition) is 5. The fraction of sp³-hybridized carbons (Fsp3) is 0.917. The van der Waals surface area contributed by atoms with Crippen LogP contribution in [0.2, 0.25) is 0 Å². The minimum Gasteiger partial charge on any atom is -0.465 e. The molecular weight excluding hydrogens is 292 g/mol. The van der Waals surface area contributed by atoms with Gasteiger partial charge < -0.3 is 4.74 Å². The van der Waals surface area contributed by atoms with Crippen molar-refractivity contribution in [2.45, 2.75) is 52.9 Å². The molecule has 0 amide bonds. The van der Waals surface area contributed by atoms with Gasteiger partial charge in [-0.1, -0.05) is 32.6 Å². The zero-order chi connectivity index (χ0) is 14.9. The number of ether oxygens (including phenoxy) is 1. The normalized spacial score (nSPS) is 12.4. The topological polar surface area (TPSA) is 69.7 Å². The molecule has 19 heavy (non-hydrogen) atoms. The van der Waals surface area contributed by atoms with Gasteiger partial charge in [0.05, 0.1) is 18.6 Å². The average molecular weight is 315 g/mol. The monoisotopic (exact) mass is 314 g/mol. The first-order chi connectivity index (χ1) is 8.69. The zero-order valence-corrected chi connectivity index (χ0v) is 13.3. The molecule has 7 heteroatoms. The van der Waals surface area contributed by atoms with Crippen molar-refractivity contribution < 1.29 is 22.1 Å². The van der Waals surface area contributed by atoms with Crippen LogP contribution in [0.5, 0.6) is 0 Å². The van der Waals surface area contributed by atoms with E-state index in [4.69, 9.17) is 15.4 Å². The molecule has 0 radical (unpaired) electrons. The summed E-state index contributed by atoms with van der Waals surface area (Å²) in [7, 11) is 0.855. The van der Waals surface area contributed by atoms with E-state index in [1.165, 1.54) is 6.42 Å². The molecule has 0 aliphatic carbocycles. The lowest BCUT2D eigenvalue weighted by molar-refractivity contribution is -0.155. The highest BCUT2D eigenvalue weighted by Crippen LogP contribution is 2.20. The van der Waals surface area contributed by atoms with Crippen LogP contribution in [0.4, 0.5) is 0 Å². The molecule has 0 heterocycles. The Bertz CT molecular complexity index is 364. The third-order valence-corrected chi connectivity index (χ3v) is 3.26. The molecule has 0 aromatic carbocycles. The van der Waals surface area contributed by atoms with E-state index in [9.17, 15) is 13.2 Å². The number of halogens is 1. The summed E-state index contributed by atoms with van der Waals surface area (Å²) >= 11 is 0. The summed E-state index contributed by atoms with van der Waals surface area (Å²) in [6, 6.07) is 0. The Labute approximate surface area is 120 Å². The Hall–Kier alpha value is -0.330. The summed E-state index contributed by atoms with van der Waals surface area (Å²) in [5.74, 6) is -0.483. The van der Waals surface area contributed by atoms with Gasteiger partial charge >= 0.3 is 15.3 Å². The van der Waals surface area contributed by atoms with E-state index in [1.807, 2.05) is 0 Å². The van der Waals surface area contributed by atoms with Crippen LogP contribution in [0.15, 0.2) is 0 Å². The Morgan fingerprint density at radius 1 is 1.16 bits per heavy atom. The van der Waals surface area contributed by atoms with E-state index in [2.05, 4.69) is 11.1 Å². The van der Waals surface area contributed by atoms with Crippen molar-refractivity contribution >= 4 is 26.0 Å². The van der Waals surface area contributed by atoms with Gasteiger partial charge in [-0.25, -0.2) is 0 Å². The van der Waals surface area contributed by atoms with Gasteiger partial charge in [0.2, 0.25) is 0 Å². The minimum absolute atomic E-state index is 0.326. The molecular formula is C12H23ClO5S. The van der Waals surface area contributed by atoms with Gasteiger partial charge in [-0.15, -0.1) is 0 Å². The Morgan fingerprint density at radius 2 is 1.74 bits per heavy atom. The molecule has 0 unspecified atom stereocenters. The van der Waals surface area contributed by atoms with Crippen molar-refractivity contribution in [2.75, 3.05) is 13.2 Å². The van der Waals surface area contributed by atoms with E-state index >= 15 is 0 Å². The van der Waals surface area contributed by atoms with Crippen molar-refractivity contribution in [3.05, 3.63) is 0 Å². The maximum absolute atomic E-state index is 11.7. The molecule has 0 saturated carbocycles. The smallest absolute Gasteiger partial charge is 0.355 e. The van der Waals surface area contributed by atoms with Crippen molar-refractivity contribution in [1.82, 2.24) is 0 Å². The van der Waals surface area contributed by atoms with E-state index in [-0.39, 0.29) is 6.61 Å². The fourth-order valence-electron chi connectivity index (χ4n) is 1.34. The first-order valence-electron chi connectivity index (χ1n) is 6.45. The predicted molar refractivity (Wildman–Crippen MR) is 74.2 cm³/mol. The van der Waals surface area contributed by atoms with E-state index in [0.29, 0.717) is 6.61 Å². The maximum atomic E-state index is 11.7. The first kappa shape index (κ1) is 18.7. The Morgan fingerprint density at radius 3 is 2.26 bits per heavy atom. The molecule has 5 nitrogen and oxygen atoms in total. The predicted octanol–water partition coefficient (Wildman–Crippen LogP) is 3.03. The van der Waals surface area contributed by atoms with Crippen LogP contribution in [-0.2, 0) is 23.0 Å². The lowest BCUT2D eigenvalue weighted by atomic mass is 9.95. The molecule has 0 atom stereocenters. The van der Waals surface area contributed by atoms with Crippen molar-refractivity contribution in [3.63, 3.8) is 0 Å². The van der Waals surface area contributed by atoms with Gasteiger partial charge in [0, 0.05) is 10.7 Å². The second kappa shape index (κ2) is 8.76. The molecule has 0 spiro atoms. The lowest BCUT2D eigenvalue weighted by Gasteiger charge is -2.21. The molecule has 0 saturated heterocycles. The van der Waals surface area contributed by atoms with Crippen LogP contribution in [0.1, 0.15) is 52.9 Å². The highest BCUT2D eigenvalue weighted by molar-refractivity contribution is 8.09. The third-order valence-electron chi connectivity index (χ3n) is 2.59. The minimum atomic E-state index is -4.06. The van der Waals surface area contributed by atoms with Crippen molar-refractivity contribution in [1.29, 1.82) is 0 Å². The van der Waals surface area contributed by atoms with Gasteiger partial charge in [0.15, 0.2) is 0 Å². The summed E-state index contributed by atoms with van der Waals surface area (Å²) in [4.78, 5) is 11.7. The highest BCUT2D eigenvalue weighted by atomic mass is 35.7. The van der Waals surface area contributed by atoms with Crippen LogP contribution in [-0.4, -0.2) is 27.6 Å². The van der Waals surface area contributed by atoms with Crippen molar-refractivity contribution in [2.24, 2.45) is 5.41 Å². The third kappa shape index (κ3) is 10.2. The number of carbonyl (C=O) groups is 1. The number of rotatable bonds is 10. The van der Waals surface area contributed by atoms with Gasteiger partial charge in [-0.2, -0.15) is 8.42 Å². The van der Waals surface area contributed by atoms with Gasteiger partial charge in [0.1, 0.15) is 0 Å². The van der Waals surface area contributed by atoms with Crippen molar-refractivity contribution in [3.8, 4) is 0 Å². The SMILES string of the molecule is CCCCCCCOC(=O)C(C)(C)COS(=O)(=O)Cl.